The van der Waals surface area contributed by atoms with Gasteiger partial charge in [-0.2, -0.15) is 5.26 Å². The molecule has 0 saturated carbocycles. The molecule has 1 unspecified atom stereocenters. The summed E-state index contributed by atoms with van der Waals surface area (Å²) in [7, 11) is 0. The van der Waals surface area contributed by atoms with Crippen molar-refractivity contribution in [1.82, 2.24) is 0 Å². The number of hydrogen-bond acceptors (Lipinski definition) is 1. The molecule has 0 aliphatic rings. The molecule has 0 N–H and O–H groups in total. The highest BCUT2D eigenvalue weighted by Gasteiger charge is 2.23. The topological polar surface area (TPSA) is 23.8 Å². The molecule has 0 heterocycles. The maximum absolute atomic E-state index is 13.0. The lowest BCUT2D eigenvalue weighted by atomic mass is 10.0. The quantitative estimate of drug-likeness (QED) is 0.734. The van der Waals surface area contributed by atoms with E-state index in [2.05, 4.69) is 0 Å². The van der Waals surface area contributed by atoms with Crippen molar-refractivity contribution >= 4 is 0 Å². The van der Waals surface area contributed by atoms with Crippen LogP contribution in [0.2, 0.25) is 0 Å². The van der Waals surface area contributed by atoms with E-state index in [9.17, 15) is 13.2 Å². The van der Waals surface area contributed by atoms with Crippen molar-refractivity contribution in [3.05, 3.63) is 35.4 Å². The van der Waals surface area contributed by atoms with Gasteiger partial charge in [0.15, 0.2) is 6.17 Å². The average molecular weight is 199 g/mol. The Labute approximate surface area is 79.8 Å². The molecule has 14 heavy (non-hydrogen) atoms. The first-order chi connectivity index (χ1) is 6.66. The minimum Gasteiger partial charge on any atom is -0.236 e. The third kappa shape index (κ3) is 2.25. The van der Waals surface area contributed by atoms with Gasteiger partial charge in [0.2, 0.25) is 0 Å². The Morgan fingerprint density at radius 2 is 1.86 bits per heavy atom. The molecule has 0 saturated heterocycles. The Balaban J connectivity index is 3.01. The molecule has 0 amide bonds. The number of alkyl halides is 3. The molecule has 0 spiro atoms. The van der Waals surface area contributed by atoms with Gasteiger partial charge in [-0.3, -0.25) is 0 Å². The van der Waals surface area contributed by atoms with Gasteiger partial charge in [-0.05, 0) is 11.1 Å². The molecule has 1 rings (SSSR count). The van der Waals surface area contributed by atoms with Crippen LogP contribution in [0.3, 0.4) is 0 Å². The van der Waals surface area contributed by atoms with Crippen LogP contribution in [0.5, 0.6) is 0 Å². The molecule has 1 nitrogen and oxygen atoms in total. The summed E-state index contributed by atoms with van der Waals surface area (Å²) in [5.41, 5.74) is 0.229. The second kappa shape index (κ2) is 4.66. The minimum atomic E-state index is -3.05. The fourth-order valence-corrected chi connectivity index (χ4v) is 1.19. The summed E-state index contributed by atoms with van der Waals surface area (Å²) in [6, 6.07) is 7.64. The Hall–Kier alpha value is -1.50. The van der Waals surface area contributed by atoms with Gasteiger partial charge in [0.1, 0.15) is 0 Å². The van der Waals surface area contributed by atoms with Crippen molar-refractivity contribution in [2.24, 2.45) is 0 Å². The maximum atomic E-state index is 13.0. The first kappa shape index (κ1) is 10.6. The number of benzene rings is 1. The Kier molecular flexibility index (Phi) is 3.52. The van der Waals surface area contributed by atoms with Crippen LogP contribution in [0.4, 0.5) is 13.2 Å². The third-order valence-electron chi connectivity index (χ3n) is 1.84. The van der Waals surface area contributed by atoms with Gasteiger partial charge >= 0.3 is 0 Å². The number of nitrogens with zero attached hydrogens (tertiary/aromatic N) is 1. The van der Waals surface area contributed by atoms with E-state index in [4.69, 9.17) is 5.26 Å². The summed E-state index contributed by atoms with van der Waals surface area (Å²) in [4.78, 5) is 0. The maximum Gasteiger partial charge on any atom is 0.273 e. The van der Waals surface area contributed by atoms with E-state index in [1.165, 1.54) is 18.2 Å². The van der Waals surface area contributed by atoms with E-state index in [1.807, 2.05) is 0 Å². The third-order valence-corrected chi connectivity index (χ3v) is 1.84. The monoisotopic (exact) mass is 199 g/mol. The summed E-state index contributed by atoms with van der Waals surface area (Å²) < 4.78 is 37.1. The Bertz CT molecular complexity index is 343. The lowest BCUT2D eigenvalue weighted by molar-refractivity contribution is 0.0491. The van der Waals surface area contributed by atoms with Crippen molar-refractivity contribution < 1.29 is 13.2 Å². The molecular weight excluding hydrogens is 191 g/mol. The van der Waals surface area contributed by atoms with Crippen LogP contribution in [0.15, 0.2) is 24.3 Å². The Morgan fingerprint density at radius 3 is 2.43 bits per heavy atom. The second-order valence-corrected chi connectivity index (χ2v) is 2.77. The van der Waals surface area contributed by atoms with Crippen LogP contribution >= 0.6 is 0 Å². The number of nitriles is 1. The van der Waals surface area contributed by atoms with Crippen molar-refractivity contribution in [2.75, 3.05) is 0 Å². The van der Waals surface area contributed by atoms with Crippen molar-refractivity contribution in [3.63, 3.8) is 0 Å². The smallest absolute Gasteiger partial charge is 0.236 e. The first-order valence-corrected chi connectivity index (χ1v) is 4.03. The second-order valence-electron chi connectivity index (χ2n) is 2.77. The van der Waals surface area contributed by atoms with E-state index in [1.54, 1.807) is 12.1 Å². The fourth-order valence-electron chi connectivity index (χ4n) is 1.19. The molecule has 1 atom stereocenters. The van der Waals surface area contributed by atoms with Crippen LogP contribution in [-0.2, 0) is 6.42 Å². The summed E-state index contributed by atoms with van der Waals surface area (Å²) in [5.74, 6) is 0. The van der Waals surface area contributed by atoms with Crippen LogP contribution in [0.1, 0.15) is 17.3 Å². The van der Waals surface area contributed by atoms with Crippen molar-refractivity contribution in [1.29, 1.82) is 5.26 Å². The molecule has 0 fully saturated rings. The zero-order valence-corrected chi connectivity index (χ0v) is 7.25. The molecule has 0 bridgehead atoms. The van der Waals surface area contributed by atoms with Crippen LogP contribution in [0, 0.1) is 11.3 Å². The van der Waals surface area contributed by atoms with E-state index in [-0.39, 0.29) is 12.0 Å². The van der Waals surface area contributed by atoms with Gasteiger partial charge in [-0.1, -0.05) is 24.3 Å². The largest absolute Gasteiger partial charge is 0.273 e. The fraction of sp³-hybridized carbons (Fsp3) is 0.300. The minimum absolute atomic E-state index is 0.0523. The molecule has 0 radical (unpaired) electrons. The standard InChI is InChI=1S/C10H8F3N/c11-9(10(12)13)8-4-2-1-3-7(8)5-6-14/h1-4,9-10H,5H2. The zero-order chi connectivity index (χ0) is 10.6. The van der Waals surface area contributed by atoms with E-state index < -0.39 is 12.6 Å². The molecule has 74 valence electrons. The average Bonchev–Trinajstić information content (AvgIpc) is 2.18. The number of halogens is 3. The summed E-state index contributed by atoms with van der Waals surface area (Å²) in [6.07, 6.45) is -5.40. The lowest BCUT2D eigenvalue weighted by Crippen LogP contribution is -2.06. The van der Waals surface area contributed by atoms with Gasteiger partial charge in [-0.25, -0.2) is 13.2 Å². The van der Waals surface area contributed by atoms with Crippen LogP contribution < -0.4 is 0 Å². The number of hydrogen-bond donors (Lipinski definition) is 0. The normalized spacial score (nSPS) is 12.5. The molecular formula is C10H8F3N. The van der Waals surface area contributed by atoms with Gasteiger partial charge < -0.3 is 0 Å². The van der Waals surface area contributed by atoms with E-state index in [0.29, 0.717) is 5.56 Å². The SMILES string of the molecule is N#CCc1ccccc1C(F)C(F)F. The van der Waals surface area contributed by atoms with Gasteiger partial charge in [0, 0.05) is 0 Å². The van der Waals surface area contributed by atoms with Crippen molar-refractivity contribution in [2.45, 2.75) is 19.0 Å². The molecule has 0 aromatic heterocycles. The van der Waals surface area contributed by atoms with Gasteiger partial charge in [0.05, 0.1) is 12.5 Å². The van der Waals surface area contributed by atoms with Gasteiger partial charge in [0.25, 0.3) is 6.43 Å². The predicted molar refractivity (Wildman–Crippen MR) is 45.6 cm³/mol. The molecule has 4 heteroatoms. The van der Waals surface area contributed by atoms with Crippen LogP contribution in [-0.4, -0.2) is 6.43 Å². The number of rotatable bonds is 3. The van der Waals surface area contributed by atoms with E-state index in [0.717, 1.165) is 0 Å². The molecule has 0 aliphatic heterocycles. The first-order valence-electron chi connectivity index (χ1n) is 4.03. The predicted octanol–water partition coefficient (Wildman–Crippen LogP) is 3.03. The molecule has 1 aromatic rings. The molecule has 0 aliphatic carbocycles. The zero-order valence-electron chi connectivity index (χ0n) is 7.25. The summed E-state index contributed by atoms with van der Waals surface area (Å²) >= 11 is 0. The highest BCUT2D eigenvalue weighted by molar-refractivity contribution is 5.31. The van der Waals surface area contributed by atoms with Gasteiger partial charge in [-0.15, -0.1) is 0 Å². The molecule has 1 aromatic carbocycles. The van der Waals surface area contributed by atoms with E-state index >= 15 is 0 Å². The summed E-state index contributed by atoms with van der Waals surface area (Å²) in [6.45, 7) is 0. The highest BCUT2D eigenvalue weighted by Crippen LogP contribution is 2.27. The van der Waals surface area contributed by atoms with Crippen molar-refractivity contribution in [3.8, 4) is 6.07 Å². The van der Waals surface area contributed by atoms with Crippen LogP contribution in [0.25, 0.3) is 0 Å². The summed E-state index contributed by atoms with van der Waals surface area (Å²) in [5, 5.41) is 8.40. The highest BCUT2D eigenvalue weighted by atomic mass is 19.3. The Morgan fingerprint density at radius 1 is 1.21 bits per heavy atom. The lowest BCUT2D eigenvalue weighted by Gasteiger charge is -2.10.